The average Bonchev–Trinajstić information content (AvgIpc) is 3.25. The van der Waals surface area contributed by atoms with E-state index < -0.39 is 0 Å². The van der Waals surface area contributed by atoms with E-state index in [0.717, 1.165) is 18.8 Å². The highest BCUT2D eigenvalue weighted by Gasteiger charge is 2.35. The third kappa shape index (κ3) is 2.44. The Morgan fingerprint density at radius 1 is 1.29 bits per heavy atom. The zero-order chi connectivity index (χ0) is 16.7. The zero-order valence-corrected chi connectivity index (χ0v) is 13.6. The molecule has 0 saturated carbocycles. The fraction of sp³-hybridized carbons (Fsp3) is 0.375. The number of aryl methyl sites for hydroxylation is 1. The minimum absolute atomic E-state index is 0.0205. The van der Waals surface area contributed by atoms with Gasteiger partial charge in [0.2, 0.25) is 0 Å². The van der Waals surface area contributed by atoms with Gasteiger partial charge in [-0.3, -0.25) is 4.79 Å². The Kier molecular flexibility index (Phi) is 3.53. The van der Waals surface area contributed by atoms with Crippen molar-refractivity contribution in [2.24, 2.45) is 7.05 Å². The molecule has 1 amide bonds. The first-order valence-corrected chi connectivity index (χ1v) is 7.88. The highest BCUT2D eigenvalue weighted by atomic mass is 16.2. The second-order valence-corrected chi connectivity index (χ2v) is 6.27. The van der Waals surface area contributed by atoms with Gasteiger partial charge in [0.1, 0.15) is 5.69 Å². The lowest BCUT2D eigenvalue weighted by Gasteiger charge is -2.20. The number of amides is 1. The summed E-state index contributed by atoms with van der Waals surface area (Å²) in [6, 6.07) is 3.65. The number of fused-ring (bicyclic) bond motifs is 1. The molecule has 1 N–H and O–H groups in total. The van der Waals surface area contributed by atoms with E-state index in [1.807, 2.05) is 23.9 Å². The van der Waals surface area contributed by atoms with Crippen LogP contribution in [0.5, 0.6) is 0 Å². The standard InChI is InChI=1S/C16H19N7O/c1-21-8-11(13-6-17-10-22(13)2)12(9-21)20-16(24)14-7-18-15-4-3-5-19-23(14)15/h3-7,10-12H,8-9H2,1-2H3,(H,20,24)/t11-,12-/m1/s1. The Balaban J connectivity index is 1.59. The molecule has 2 atom stereocenters. The van der Waals surface area contributed by atoms with E-state index >= 15 is 0 Å². The number of imidazole rings is 2. The molecule has 4 rings (SSSR count). The number of hydrogen-bond acceptors (Lipinski definition) is 5. The van der Waals surface area contributed by atoms with Crippen molar-refractivity contribution >= 4 is 11.6 Å². The van der Waals surface area contributed by atoms with E-state index in [1.54, 1.807) is 29.3 Å². The van der Waals surface area contributed by atoms with Gasteiger partial charge in [-0.2, -0.15) is 5.10 Å². The monoisotopic (exact) mass is 325 g/mol. The Morgan fingerprint density at radius 3 is 2.96 bits per heavy atom. The van der Waals surface area contributed by atoms with E-state index in [0.29, 0.717) is 11.3 Å². The molecule has 3 aromatic heterocycles. The number of carbonyl (C=O) groups excluding carboxylic acids is 1. The van der Waals surface area contributed by atoms with Crippen molar-refractivity contribution in [3.8, 4) is 0 Å². The van der Waals surface area contributed by atoms with E-state index in [1.165, 1.54) is 0 Å². The molecule has 0 aromatic carbocycles. The minimum Gasteiger partial charge on any atom is -0.346 e. The number of nitrogens with zero attached hydrogens (tertiary/aromatic N) is 6. The van der Waals surface area contributed by atoms with Gasteiger partial charge in [0.25, 0.3) is 5.91 Å². The van der Waals surface area contributed by atoms with Crippen molar-refractivity contribution in [2.75, 3.05) is 20.1 Å². The molecule has 8 heteroatoms. The van der Waals surface area contributed by atoms with Gasteiger partial charge in [-0.05, 0) is 19.2 Å². The Hall–Kier alpha value is -2.74. The van der Waals surface area contributed by atoms with E-state index in [9.17, 15) is 4.79 Å². The van der Waals surface area contributed by atoms with Crippen LogP contribution in [0.4, 0.5) is 0 Å². The summed E-state index contributed by atoms with van der Waals surface area (Å²) in [5, 5.41) is 7.35. The maximum atomic E-state index is 12.7. The molecule has 1 saturated heterocycles. The molecule has 3 aromatic rings. The minimum atomic E-state index is -0.159. The first kappa shape index (κ1) is 14.8. The first-order chi connectivity index (χ1) is 11.6. The summed E-state index contributed by atoms with van der Waals surface area (Å²) in [5.41, 5.74) is 2.24. The molecule has 0 bridgehead atoms. The lowest BCUT2D eigenvalue weighted by Crippen LogP contribution is -2.40. The third-order valence-corrected chi connectivity index (χ3v) is 4.56. The maximum absolute atomic E-state index is 12.7. The number of aromatic nitrogens is 5. The smallest absolute Gasteiger partial charge is 0.271 e. The Morgan fingerprint density at radius 2 is 2.17 bits per heavy atom. The van der Waals surface area contributed by atoms with Crippen LogP contribution >= 0.6 is 0 Å². The topological polar surface area (TPSA) is 80.3 Å². The SMILES string of the molecule is CN1C[C@@H](NC(=O)c2cnc3cccnn23)[C@H](c2cncn2C)C1. The van der Waals surface area contributed by atoms with Crippen LogP contribution in [0, 0.1) is 0 Å². The van der Waals surface area contributed by atoms with Crippen molar-refractivity contribution < 1.29 is 4.79 Å². The molecule has 0 unspecified atom stereocenters. The van der Waals surface area contributed by atoms with E-state index in [4.69, 9.17) is 0 Å². The molecule has 124 valence electrons. The summed E-state index contributed by atoms with van der Waals surface area (Å²) >= 11 is 0. The Bertz CT molecular complexity index is 883. The molecule has 4 heterocycles. The van der Waals surface area contributed by atoms with Crippen molar-refractivity contribution in [3.63, 3.8) is 0 Å². The van der Waals surface area contributed by atoms with Crippen LogP contribution in [0.25, 0.3) is 5.65 Å². The Labute approximate surface area is 139 Å². The molecule has 1 aliphatic rings. The van der Waals surface area contributed by atoms with Gasteiger partial charge in [-0.1, -0.05) is 0 Å². The number of likely N-dealkylation sites (N-methyl/N-ethyl adjacent to an activating group) is 1. The molecule has 24 heavy (non-hydrogen) atoms. The second-order valence-electron chi connectivity index (χ2n) is 6.27. The van der Waals surface area contributed by atoms with Gasteiger partial charge in [-0.15, -0.1) is 0 Å². The number of likely N-dealkylation sites (tertiary alicyclic amines) is 1. The third-order valence-electron chi connectivity index (χ3n) is 4.56. The average molecular weight is 325 g/mol. The van der Waals surface area contributed by atoms with Crippen LogP contribution in [-0.2, 0) is 7.05 Å². The molecule has 1 aliphatic heterocycles. The van der Waals surface area contributed by atoms with Crippen molar-refractivity contribution in [3.05, 3.63) is 48.4 Å². The molecule has 0 radical (unpaired) electrons. The highest BCUT2D eigenvalue weighted by molar-refractivity contribution is 5.93. The molecule has 0 aliphatic carbocycles. The van der Waals surface area contributed by atoms with Gasteiger partial charge >= 0.3 is 0 Å². The predicted molar refractivity (Wildman–Crippen MR) is 87.7 cm³/mol. The van der Waals surface area contributed by atoms with E-state index in [2.05, 4.69) is 32.3 Å². The lowest BCUT2D eigenvalue weighted by atomic mass is 10.00. The van der Waals surface area contributed by atoms with Gasteiger partial charge in [0.15, 0.2) is 5.65 Å². The normalized spacial score (nSPS) is 21.4. The van der Waals surface area contributed by atoms with Gasteiger partial charge < -0.3 is 14.8 Å². The van der Waals surface area contributed by atoms with Crippen molar-refractivity contribution in [1.82, 2.24) is 34.4 Å². The van der Waals surface area contributed by atoms with Crippen molar-refractivity contribution in [2.45, 2.75) is 12.0 Å². The van der Waals surface area contributed by atoms with E-state index in [-0.39, 0.29) is 17.9 Å². The van der Waals surface area contributed by atoms with Crippen molar-refractivity contribution in [1.29, 1.82) is 0 Å². The van der Waals surface area contributed by atoms with Gasteiger partial charge in [0, 0.05) is 44.1 Å². The van der Waals surface area contributed by atoms with Crippen LogP contribution < -0.4 is 5.32 Å². The van der Waals surface area contributed by atoms with Crippen LogP contribution in [0.1, 0.15) is 22.1 Å². The summed E-state index contributed by atoms with van der Waals surface area (Å²) in [7, 11) is 4.04. The van der Waals surface area contributed by atoms with Crippen LogP contribution in [-0.4, -0.2) is 61.1 Å². The quantitative estimate of drug-likeness (QED) is 0.749. The number of hydrogen-bond donors (Lipinski definition) is 1. The molecular weight excluding hydrogens is 306 g/mol. The molecular formula is C16H19N7O. The van der Waals surface area contributed by atoms with Gasteiger partial charge in [-0.25, -0.2) is 14.5 Å². The summed E-state index contributed by atoms with van der Waals surface area (Å²) in [6.07, 6.45) is 6.88. The van der Waals surface area contributed by atoms with Crippen LogP contribution in [0.2, 0.25) is 0 Å². The van der Waals surface area contributed by atoms with Gasteiger partial charge in [0.05, 0.1) is 18.6 Å². The number of carbonyl (C=O) groups is 1. The summed E-state index contributed by atoms with van der Waals surface area (Å²) in [5.74, 6) is 0.0484. The fourth-order valence-corrected chi connectivity index (χ4v) is 3.40. The second kappa shape index (κ2) is 5.72. The summed E-state index contributed by atoms with van der Waals surface area (Å²) in [6.45, 7) is 1.68. The highest BCUT2D eigenvalue weighted by Crippen LogP contribution is 2.26. The predicted octanol–water partition coefficient (Wildman–Crippen LogP) is 0.290. The zero-order valence-electron chi connectivity index (χ0n) is 13.6. The first-order valence-electron chi connectivity index (χ1n) is 7.88. The van der Waals surface area contributed by atoms with Crippen LogP contribution in [0.3, 0.4) is 0 Å². The maximum Gasteiger partial charge on any atom is 0.271 e. The summed E-state index contributed by atoms with van der Waals surface area (Å²) < 4.78 is 3.58. The fourth-order valence-electron chi connectivity index (χ4n) is 3.40. The number of nitrogens with one attached hydrogen (secondary N) is 1. The van der Waals surface area contributed by atoms with Crippen LogP contribution in [0.15, 0.2) is 37.1 Å². The largest absolute Gasteiger partial charge is 0.346 e. The number of rotatable bonds is 3. The summed E-state index contributed by atoms with van der Waals surface area (Å²) in [4.78, 5) is 23.4. The molecule has 0 spiro atoms. The molecule has 1 fully saturated rings. The lowest BCUT2D eigenvalue weighted by molar-refractivity contribution is 0.0928. The molecule has 8 nitrogen and oxygen atoms in total.